The van der Waals surface area contributed by atoms with Crippen molar-refractivity contribution in [3.63, 3.8) is 0 Å². The molecule has 10 nitrogen and oxygen atoms in total. The van der Waals surface area contributed by atoms with Crippen LogP contribution in [0.5, 0.6) is 5.75 Å². The summed E-state index contributed by atoms with van der Waals surface area (Å²) in [5.41, 5.74) is -1.52. The Morgan fingerprint density at radius 1 is 1.50 bits per heavy atom. The largest absolute Gasteiger partial charge is 0.506 e. The van der Waals surface area contributed by atoms with E-state index < -0.39 is 35.3 Å². The zero-order valence-corrected chi connectivity index (χ0v) is 11.2. The summed E-state index contributed by atoms with van der Waals surface area (Å²) < 4.78 is 0.966. The summed E-state index contributed by atoms with van der Waals surface area (Å²) in [6.45, 7) is -0.705. The fraction of sp³-hybridized carbons (Fsp3) is 0.167. The number of amides is 1. The minimum absolute atomic E-state index is 0.0124. The summed E-state index contributed by atoms with van der Waals surface area (Å²) in [7, 11) is 1.30. The molecular formula is C12H9N5O5. The topological polar surface area (TPSA) is 158 Å². The van der Waals surface area contributed by atoms with Crippen LogP contribution in [0.15, 0.2) is 11.0 Å². The second kappa shape index (κ2) is 5.49. The molecule has 3 N–H and O–H groups in total. The number of pyridine rings is 1. The molecule has 0 saturated heterocycles. The van der Waals surface area contributed by atoms with Crippen molar-refractivity contribution in [2.45, 2.75) is 0 Å². The van der Waals surface area contributed by atoms with Crippen LogP contribution in [0.25, 0.3) is 11.0 Å². The lowest BCUT2D eigenvalue weighted by molar-refractivity contribution is -0.135. The molecule has 0 spiro atoms. The van der Waals surface area contributed by atoms with Crippen molar-refractivity contribution in [2.75, 3.05) is 6.54 Å². The van der Waals surface area contributed by atoms with Gasteiger partial charge in [0.25, 0.3) is 11.5 Å². The number of nitrogens with zero attached hydrogens (tertiary/aromatic N) is 4. The molecule has 0 aliphatic heterocycles. The van der Waals surface area contributed by atoms with Crippen LogP contribution in [-0.2, 0) is 11.8 Å². The van der Waals surface area contributed by atoms with Crippen LogP contribution >= 0.6 is 0 Å². The Morgan fingerprint density at radius 3 is 2.77 bits per heavy atom. The Kier molecular flexibility index (Phi) is 3.72. The lowest BCUT2D eigenvalue weighted by atomic mass is 10.1. The predicted molar refractivity (Wildman–Crippen MR) is 71.1 cm³/mol. The molecule has 0 fully saturated rings. The molecule has 0 saturated carbocycles. The fourth-order valence-corrected chi connectivity index (χ4v) is 1.80. The van der Waals surface area contributed by atoms with E-state index >= 15 is 0 Å². The molecule has 2 heterocycles. The summed E-state index contributed by atoms with van der Waals surface area (Å²) in [6.07, 6.45) is 1.10. The van der Waals surface area contributed by atoms with Crippen LogP contribution in [0.2, 0.25) is 0 Å². The zero-order valence-electron chi connectivity index (χ0n) is 11.2. The van der Waals surface area contributed by atoms with Crippen LogP contribution in [0.1, 0.15) is 16.2 Å². The highest BCUT2D eigenvalue weighted by Gasteiger charge is 2.22. The number of rotatable bonds is 3. The van der Waals surface area contributed by atoms with Gasteiger partial charge in [0.1, 0.15) is 23.9 Å². The first-order valence-electron chi connectivity index (χ1n) is 5.85. The zero-order chi connectivity index (χ0) is 16.4. The molecule has 112 valence electrons. The van der Waals surface area contributed by atoms with E-state index in [0.29, 0.717) is 0 Å². The van der Waals surface area contributed by atoms with Crippen molar-refractivity contribution in [3.8, 4) is 11.8 Å². The Labute approximate surface area is 122 Å². The number of carbonyl (C=O) groups is 2. The molecular weight excluding hydrogens is 294 g/mol. The lowest BCUT2D eigenvalue weighted by Gasteiger charge is -2.10. The van der Waals surface area contributed by atoms with Crippen LogP contribution < -0.4 is 10.9 Å². The monoisotopic (exact) mass is 303 g/mol. The number of aromatic nitrogens is 3. The van der Waals surface area contributed by atoms with Gasteiger partial charge in [-0.1, -0.05) is 0 Å². The summed E-state index contributed by atoms with van der Waals surface area (Å²) in [4.78, 5) is 41.9. The van der Waals surface area contributed by atoms with Gasteiger partial charge in [-0.3, -0.25) is 19.0 Å². The second-order valence-electron chi connectivity index (χ2n) is 4.21. The number of fused-ring (bicyclic) bond motifs is 1. The second-order valence-corrected chi connectivity index (χ2v) is 4.21. The van der Waals surface area contributed by atoms with E-state index in [4.69, 9.17) is 10.4 Å². The van der Waals surface area contributed by atoms with E-state index in [1.165, 1.54) is 7.05 Å². The van der Waals surface area contributed by atoms with Crippen molar-refractivity contribution in [2.24, 2.45) is 7.05 Å². The van der Waals surface area contributed by atoms with Gasteiger partial charge in [-0.05, 0) is 0 Å². The number of hydrogen-bond acceptors (Lipinski definition) is 7. The third-order valence-electron chi connectivity index (χ3n) is 2.82. The summed E-state index contributed by atoms with van der Waals surface area (Å²) >= 11 is 0. The number of aryl methyl sites for hydroxylation is 1. The van der Waals surface area contributed by atoms with Gasteiger partial charge in [-0.25, -0.2) is 9.97 Å². The number of nitriles is 1. The van der Waals surface area contributed by atoms with E-state index in [-0.39, 0.29) is 16.9 Å². The van der Waals surface area contributed by atoms with Gasteiger partial charge in [-0.15, -0.1) is 0 Å². The lowest BCUT2D eigenvalue weighted by Crippen LogP contribution is -2.35. The smallest absolute Gasteiger partial charge is 0.322 e. The molecule has 0 atom stereocenters. The number of aromatic hydroxyl groups is 1. The highest BCUT2D eigenvalue weighted by molar-refractivity contribution is 6.02. The van der Waals surface area contributed by atoms with Crippen molar-refractivity contribution < 1.29 is 19.8 Å². The molecule has 0 unspecified atom stereocenters. The SMILES string of the molecule is Cn1c(=O)c(C(=O)NCC(=O)O)c(O)c2cnc(C#N)nc21. The molecule has 0 aromatic carbocycles. The van der Waals surface area contributed by atoms with Crippen molar-refractivity contribution in [1.29, 1.82) is 5.26 Å². The standard InChI is InChI=1S/C12H9N5O5/c1-17-10-5(3-14-6(2-13)16-10)9(20)8(12(17)22)11(21)15-4-7(18)19/h3,20H,4H2,1H3,(H,15,21)(H,18,19). The molecule has 0 bridgehead atoms. The van der Waals surface area contributed by atoms with Gasteiger partial charge in [0.05, 0.1) is 5.39 Å². The highest BCUT2D eigenvalue weighted by atomic mass is 16.4. The first-order chi connectivity index (χ1) is 10.4. The molecule has 2 aromatic rings. The fourth-order valence-electron chi connectivity index (χ4n) is 1.80. The minimum atomic E-state index is -1.30. The number of carboxylic acids is 1. The van der Waals surface area contributed by atoms with Gasteiger partial charge in [0, 0.05) is 13.2 Å². The van der Waals surface area contributed by atoms with Crippen molar-refractivity contribution >= 4 is 22.9 Å². The molecule has 0 radical (unpaired) electrons. The van der Waals surface area contributed by atoms with Crippen LogP contribution in [0, 0.1) is 11.3 Å². The van der Waals surface area contributed by atoms with Crippen molar-refractivity contribution in [1.82, 2.24) is 19.9 Å². The minimum Gasteiger partial charge on any atom is -0.506 e. The van der Waals surface area contributed by atoms with Crippen molar-refractivity contribution in [3.05, 3.63) is 27.9 Å². The van der Waals surface area contributed by atoms with E-state index in [0.717, 1.165) is 10.8 Å². The van der Waals surface area contributed by atoms with E-state index in [2.05, 4.69) is 9.97 Å². The third kappa shape index (κ3) is 2.42. The number of carboxylic acid groups (broad SMARTS) is 1. The average molecular weight is 303 g/mol. The van der Waals surface area contributed by atoms with E-state index in [1.807, 2.05) is 5.32 Å². The van der Waals surface area contributed by atoms with Crippen LogP contribution in [-0.4, -0.2) is 43.2 Å². The number of carbonyl (C=O) groups excluding carboxylic acids is 1. The van der Waals surface area contributed by atoms with Gasteiger partial charge in [0.2, 0.25) is 5.82 Å². The molecule has 0 aliphatic rings. The number of hydrogen-bond donors (Lipinski definition) is 3. The normalized spacial score (nSPS) is 10.2. The highest BCUT2D eigenvalue weighted by Crippen LogP contribution is 2.24. The van der Waals surface area contributed by atoms with Gasteiger partial charge in [0.15, 0.2) is 5.65 Å². The third-order valence-corrected chi connectivity index (χ3v) is 2.82. The van der Waals surface area contributed by atoms with E-state index in [9.17, 15) is 19.5 Å². The number of aliphatic carboxylic acids is 1. The van der Waals surface area contributed by atoms with Gasteiger partial charge < -0.3 is 15.5 Å². The first-order valence-corrected chi connectivity index (χ1v) is 5.85. The van der Waals surface area contributed by atoms with Crippen LogP contribution in [0.3, 0.4) is 0 Å². The summed E-state index contributed by atoms with van der Waals surface area (Å²) in [6, 6.07) is 1.69. The van der Waals surface area contributed by atoms with Crippen LogP contribution in [0.4, 0.5) is 0 Å². The quantitative estimate of drug-likeness (QED) is 0.632. The average Bonchev–Trinajstić information content (AvgIpc) is 2.50. The summed E-state index contributed by atoms with van der Waals surface area (Å²) in [5.74, 6) is -3.21. The molecule has 2 rings (SSSR count). The molecule has 22 heavy (non-hydrogen) atoms. The Hall–Kier alpha value is -3.48. The van der Waals surface area contributed by atoms with Gasteiger partial charge in [-0.2, -0.15) is 5.26 Å². The predicted octanol–water partition coefficient (Wildman–Crippen LogP) is -1.28. The maximum Gasteiger partial charge on any atom is 0.322 e. The maximum atomic E-state index is 12.1. The van der Waals surface area contributed by atoms with E-state index in [1.54, 1.807) is 6.07 Å². The molecule has 10 heteroatoms. The molecule has 0 aliphatic carbocycles. The number of nitrogens with one attached hydrogen (secondary N) is 1. The van der Waals surface area contributed by atoms with Gasteiger partial charge >= 0.3 is 5.97 Å². The molecule has 1 amide bonds. The maximum absolute atomic E-state index is 12.1. The first kappa shape index (κ1) is 14.9. The Balaban J connectivity index is 2.67. The molecule has 2 aromatic heterocycles. The Morgan fingerprint density at radius 2 is 2.18 bits per heavy atom. The Bertz CT molecular complexity index is 895. The summed E-state index contributed by atoms with van der Waals surface area (Å²) in [5, 5.41) is 29.3.